The first kappa shape index (κ1) is 15.9. The van der Waals surface area contributed by atoms with Gasteiger partial charge in [0, 0.05) is 9.90 Å². The Morgan fingerprint density at radius 2 is 1.78 bits per heavy atom. The van der Waals surface area contributed by atoms with Gasteiger partial charge in [0.2, 0.25) is 0 Å². The largest absolute Gasteiger partial charge is 0.335 e. The van der Waals surface area contributed by atoms with Crippen molar-refractivity contribution in [1.82, 2.24) is 5.32 Å². The summed E-state index contributed by atoms with van der Waals surface area (Å²) in [5.41, 5.74) is 0.233. The van der Waals surface area contributed by atoms with Gasteiger partial charge in [0.15, 0.2) is 0 Å². The minimum Gasteiger partial charge on any atom is -0.273 e. The predicted molar refractivity (Wildman–Crippen MR) is 92.5 cm³/mol. The topological polar surface area (TPSA) is 66.5 Å². The molecule has 0 saturated carbocycles. The summed E-state index contributed by atoms with van der Waals surface area (Å²) < 4.78 is 0.874. The van der Waals surface area contributed by atoms with E-state index in [0.717, 1.165) is 13.6 Å². The van der Waals surface area contributed by atoms with Crippen LogP contribution >= 0.6 is 38.9 Å². The van der Waals surface area contributed by atoms with E-state index in [9.17, 15) is 14.4 Å². The highest BCUT2D eigenvalue weighted by Gasteiger charge is 2.36. The van der Waals surface area contributed by atoms with Gasteiger partial charge in [-0.2, -0.15) is 0 Å². The fraction of sp³-hybridized carbons (Fsp3) is 0. The number of amides is 4. The third-order valence-corrected chi connectivity index (χ3v) is 4.89. The van der Waals surface area contributed by atoms with E-state index < -0.39 is 17.8 Å². The minimum atomic E-state index is -0.785. The van der Waals surface area contributed by atoms with Crippen molar-refractivity contribution in [3.8, 4) is 0 Å². The molecule has 3 rings (SSSR count). The van der Waals surface area contributed by atoms with Crippen LogP contribution in [0.25, 0.3) is 6.08 Å². The van der Waals surface area contributed by atoms with Crippen LogP contribution in [0.2, 0.25) is 5.02 Å². The first-order valence-electron chi connectivity index (χ1n) is 6.38. The Balaban J connectivity index is 2.00. The molecule has 0 radical (unpaired) electrons. The molecule has 116 valence electrons. The number of urea groups is 1. The summed E-state index contributed by atoms with van der Waals surface area (Å²) >= 11 is 10.5. The molecule has 0 atom stereocenters. The van der Waals surface area contributed by atoms with Crippen molar-refractivity contribution >= 4 is 68.5 Å². The predicted octanol–water partition coefficient (Wildman–Crippen LogP) is 3.83. The lowest BCUT2D eigenvalue weighted by Gasteiger charge is -2.26. The first-order chi connectivity index (χ1) is 11.0. The molecule has 0 aliphatic carbocycles. The van der Waals surface area contributed by atoms with Gasteiger partial charge in [-0.3, -0.25) is 14.9 Å². The number of anilines is 1. The van der Waals surface area contributed by atoms with Crippen molar-refractivity contribution in [1.29, 1.82) is 0 Å². The molecule has 1 saturated heterocycles. The second-order valence-electron chi connectivity index (χ2n) is 4.58. The maximum atomic E-state index is 12.6. The molecule has 8 heteroatoms. The highest BCUT2D eigenvalue weighted by atomic mass is 79.9. The molecule has 2 heterocycles. The fourth-order valence-corrected chi connectivity index (χ4v) is 3.52. The summed E-state index contributed by atoms with van der Waals surface area (Å²) in [6.07, 6.45) is 1.46. The Hall–Kier alpha value is -1.96. The molecule has 1 aromatic heterocycles. The Bertz CT molecular complexity index is 845. The van der Waals surface area contributed by atoms with Crippen LogP contribution in [0.15, 0.2) is 45.8 Å². The molecule has 0 unspecified atom stereocenters. The van der Waals surface area contributed by atoms with Gasteiger partial charge < -0.3 is 0 Å². The fourth-order valence-electron chi connectivity index (χ4n) is 2.03. The zero-order valence-electron chi connectivity index (χ0n) is 11.4. The molecule has 5 nitrogen and oxygen atoms in total. The molecule has 0 bridgehead atoms. The number of carbonyl (C=O) groups is 3. The molecule has 1 aliphatic rings. The standard InChI is InChI=1S/C15H8BrClN2O3S/c16-12-6-5-10(23-12)7-11-13(20)18-15(22)19(14(11)21)9-3-1-8(17)2-4-9/h1-7H,(H,18,20,22). The zero-order chi connectivity index (χ0) is 16.6. The lowest BCUT2D eigenvalue weighted by Crippen LogP contribution is -2.54. The van der Waals surface area contributed by atoms with E-state index in [1.54, 1.807) is 18.2 Å². The van der Waals surface area contributed by atoms with Crippen molar-refractivity contribution < 1.29 is 14.4 Å². The van der Waals surface area contributed by atoms with Crippen LogP contribution in [-0.2, 0) is 9.59 Å². The SMILES string of the molecule is O=C1NC(=O)N(c2ccc(Cl)cc2)C(=O)C1=Cc1ccc(Br)s1. The highest BCUT2D eigenvalue weighted by molar-refractivity contribution is 9.11. The molecule has 23 heavy (non-hydrogen) atoms. The van der Waals surface area contributed by atoms with E-state index in [1.165, 1.54) is 29.5 Å². The van der Waals surface area contributed by atoms with Crippen LogP contribution < -0.4 is 10.2 Å². The Morgan fingerprint density at radius 1 is 1.09 bits per heavy atom. The molecule has 1 N–H and O–H groups in total. The van der Waals surface area contributed by atoms with E-state index in [1.807, 2.05) is 6.07 Å². The monoisotopic (exact) mass is 410 g/mol. The molecule has 1 fully saturated rings. The average molecular weight is 412 g/mol. The molecule has 2 aromatic rings. The lowest BCUT2D eigenvalue weighted by molar-refractivity contribution is -0.122. The Labute approximate surface area is 148 Å². The number of nitrogens with zero attached hydrogens (tertiary/aromatic N) is 1. The summed E-state index contributed by atoms with van der Waals surface area (Å²) in [5.74, 6) is -1.39. The Morgan fingerprint density at radius 3 is 2.39 bits per heavy atom. The van der Waals surface area contributed by atoms with Gasteiger partial charge >= 0.3 is 6.03 Å². The van der Waals surface area contributed by atoms with Crippen LogP contribution in [0.3, 0.4) is 0 Å². The van der Waals surface area contributed by atoms with Crippen molar-refractivity contribution in [3.63, 3.8) is 0 Å². The number of thiophene rings is 1. The summed E-state index contributed by atoms with van der Waals surface area (Å²) in [4.78, 5) is 38.2. The summed E-state index contributed by atoms with van der Waals surface area (Å²) in [6, 6.07) is 8.99. The molecule has 1 aromatic carbocycles. The highest BCUT2D eigenvalue weighted by Crippen LogP contribution is 2.27. The van der Waals surface area contributed by atoms with Gasteiger partial charge in [-0.05, 0) is 58.4 Å². The molecule has 4 amide bonds. The summed E-state index contributed by atoms with van der Waals surface area (Å²) in [6.45, 7) is 0. The number of rotatable bonds is 2. The van der Waals surface area contributed by atoms with Gasteiger partial charge in [-0.1, -0.05) is 11.6 Å². The molecule has 1 aliphatic heterocycles. The van der Waals surface area contributed by atoms with Gasteiger partial charge in [0.1, 0.15) is 5.57 Å². The van der Waals surface area contributed by atoms with Gasteiger partial charge in [0.05, 0.1) is 9.47 Å². The third-order valence-electron chi connectivity index (χ3n) is 3.07. The normalized spacial score (nSPS) is 16.9. The number of hydrogen-bond donors (Lipinski definition) is 1. The van der Waals surface area contributed by atoms with Crippen molar-refractivity contribution in [3.05, 3.63) is 55.7 Å². The van der Waals surface area contributed by atoms with Crippen molar-refractivity contribution in [2.45, 2.75) is 0 Å². The van der Waals surface area contributed by atoms with Crippen LogP contribution in [0.4, 0.5) is 10.5 Å². The van der Waals surface area contributed by atoms with E-state index in [4.69, 9.17) is 11.6 Å². The second kappa shape index (κ2) is 6.27. The van der Waals surface area contributed by atoms with E-state index in [0.29, 0.717) is 10.7 Å². The minimum absolute atomic E-state index is 0.103. The van der Waals surface area contributed by atoms with Crippen molar-refractivity contribution in [2.24, 2.45) is 0 Å². The number of hydrogen-bond acceptors (Lipinski definition) is 4. The smallest absolute Gasteiger partial charge is 0.273 e. The van der Waals surface area contributed by atoms with Gasteiger partial charge in [-0.25, -0.2) is 9.69 Å². The van der Waals surface area contributed by atoms with Gasteiger partial charge in [-0.15, -0.1) is 11.3 Å². The molecular weight excluding hydrogens is 404 g/mol. The lowest BCUT2D eigenvalue weighted by atomic mass is 10.1. The second-order valence-corrected chi connectivity index (χ2v) is 7.51. The summed E-state index contributed by atoms with van der Waals surface area (Å²) in [5, 5.41) is 2.65. The van der Waals surface area contributed by atoms with Gasteiger partial charge in [0.25, 0.3) is 11.8 Å². The number of imide groups is 2. The third kappa shape index (κ3) is 3.21. The summed E-state index contributed by atoms with van der Waals surface area (Å²) in [7, 11) is 0. The molecular formula is C15H8BrClN2O3S. The van der Waals surface area contributed by atoms with Crippen LogP contribution in [-0.4, -0.2) is 17.8 Å². The first-order valence-corrected chi connectivity index (χ1v) is 8.37. The number of benzene rings is 1. The number of barbiturate groups is 1. The maximum Gasteiger partial charge on any atom is 0.335 e. The zero-order valence-corrected chi connectivity index (χ0v) is 14.5. The Kier molecular flexibility index (Phi) is 4.34. The maximum absolute atomic E-state index is 12.6. The van der Waals surface area contributed by atoms with E-state index in [2.05, 4.69) is 21.2 Å². The quantitative estimate of drug-likeness (QED) is 0.603. The van der Waals surface area contributed by atoms with Crippen LogP contribution in [0, 0.1) is 0 Å². The van der Waals surface area contributed by atoms with Crippen LogP contribution in [0.1, 0.15) is 4.88 Å². The number of carbonyl (C=O) groups excluding carboxylic acids is 3. The van der Waals surface area contributed by atoms with E-state index >= 15 is 0 Å². The van der Waals surface area contributed by atoms with E-state index in [-0.39, 0.29) is 5.57 Å². The molecule has 0 spiro atoms. The van der Waals surface area contributed by atoms with Crippen molar-refractivity contribution in [2.75, 3.05) is 4.90 Å². The van der Waals surface area contributed by atoms with Crippen LogP contribution in [0.5, 0.6) is 0 Å². The number of halogens is 2. The number of nitrogens with one attached hydrogen (secondary N) is 1. The average Bonchev–Trinajstić information content (AvgIpc) is 2.91.